The molecule has 25 heavy (non-hydrogen) atoms. The Balaban J connectivity index is 1.78. The first-order valence-electron chi connectivity index (χ1n) is 8.75. The van der Waals surface area contributed by atoms with E-state index in [0.717, 1.165) is 5.69 Å². The van der Waals surface area contributed by atoms with Crippen molar-refractivity contribution in [1.82, 2.24) is 14.8 Å². The molecular weight excluding hydrogens is 316 g/mol. The molecule has 6 heteroatoms. The van der Waals surface area contributed by atoms with E-state index in [4.69, 9.17) is 4.74 Å². The van der Waals surface area contributed by atoms with Crippen LogP contribution in [0.5, 0.6) is 5.75 Å². The van der Waals surface area contributed by atoms with E-state index >= 15 is 0 Å². The van der Waals surface area contributed by atoms with E-state index in [2.05, 4.69) is 22.3 Å². The monoisotopic (exact) mass is 342 g/mol. The summed E-state index contributed by atoms with van der Waals surface area (Å²) in [7, 11) is 0. The second-order valence-corrected chi connectivity index (χ2v) is 7.73. The van der Waals surface area contributed by atoms with Crippen molar-refractivity contribution in [2.45, 2.75) is 59.1 Å². The molecule has 1 aliphatic rings. The normalized spacial score (nSPS) is 15.7. The topological polar surface area (TPSA) is 69.0 Å². The van der Waals surface area contributed by atoms with E-state index < -0.39 is 0 Å². The van der Waals surface area contributed by atoms with Crippen LogP contribution in [0.4, 0.5) is 5.69 Å². The number of pyridine rings is 1. The quantitative estimate of drug-likeness (QED) is 0.892. The Kier molecular flexibility index (Phi) is 4.54. The highest BCUT2D eigenvalue weighted by molar-refractivity contribution is 6.03. The summed E-state index contributed by atoms with van der Waals surface area (Å²) in [6.07, 6.45) is 5.72. The summed E-state index contributed by atoms with van der Waals surface area (Å²) in [6, 6.07) is 3.91. The average Bonchev–Trinajstić information content (AvgIpc) is 3.29. The Labute approximate surface area is 148 Å². The first kappa shape index (κ1) is 17.5. The van der Waals surface area contributed by atoms with Crippen LogP contribution in [0.15, 0.2) is 24.5 Å². The lowest BCUT2D eigenvalue weighted by Gasteiger charge is -2.22. The molecular formula is C19H26N4O2. The van der Waals surface area contributed by atoms with E-state index in [-0.39, 0.29) is 11.5 Å². The third-order valence-electron chi connectivity index (χ3n) is 4.29. The first-order chi connectivity index (χ1) is 11.7. The van der Waals surface area contributed by atoms with Crippen molar-refractivity contribution in [3.8, 4) is 5.75 Å². The molecule has 6 nitrogen and oxygen atoms in total. The molecule has 1 fully saturated rings. The standard InChI is InChI=1S/C19H26N4O2/c1-12-10-15(22-23(12)13(2)14-6-7-14)18(24)21-16-11-20-9-8-17(16)25-19(3,4)5/h8-11,13-14H,6-7H2,1-5H3,(H,21,24)/t13-/m0/s1. The molecule has 0 unspecified atom stereocenters. The van der Waals surface area contributed by atoms with Gasteiger partial charge in [-0.25, -0.2) is 0 Å². The second-order valence-electron chi connectivity index (χ2n) is 7.73. The van der Waals surface area contributed by atoms with Gasteiger partial charge in [-0.15, -0.1) is 0 Å². The van der Waals surface area contributed by atoms with Gasteiger partial charge in [0, 0.05) is 18.0 Å². The molecule has 0 radical (unpaired) electrons. The number of carbonyl (C=O) groups is 1. The molecule has 1 N–H and O–H groups in total. The van der Waals surface area contributed by atoms with Crippen LogP contribution in [0.25, 0.3) is 0 Å². The van der Waals surface area contributed by atoms with E-state index in [1.54, 1.807) is 18.5 Å². The van der Waals surface area contributed by atoms with Crippen molar-refractivity contribution in [2.24, 2.45) is 5.92 Å². The average molecular weight is 342 g/mol. The van der Waals surface area contributed by atoms with Crippen molar-refractivity contribution in [2.75, 3.05) is 5.32 Å². The van der Waals surface area contributed by atoms with Crippen LogP contribution in [0.3, 0.4) is 0 Å². The van der Waals surface area contributed by atoms with E-state index in [1.165, 1.54) is 12.8 Å². The number of hydrogen-bond donors (Lipinski definition) is 1. The Hall–Kier alpha value is -2.37. The number of carbonyl (C=O) groups excluding carboxylic acids is 1. The lowest BCUT2D eigenvalue weighted by molar-refractivity contribution is 0.101. The van der Waals surface area contributed by atoms with Gasteiger partial charge in [0.15, 0.2) is 5.69 Å². The van der Waals surface area contributed by atoms with Crippen molar-refractivity contribution in [3.05, 3.63) is 35.9 Å². The fourth-order valence-corrected chi connectivity index (χ4v) is 2.87. The Morgan fingerprint density at radius 3 is 2.76 bits per heavy atom. The first-order valence-corrected chi connectivity index (χ1v) is 8.75. The lowest BCUT2D eigenvalue weighted by Crippen LogP contribution is -2.24. The van der Waals surface area contributed by atoms with Gasteiger partial charge in [-0.3, -0.25) is 14.5 Å². The van der Waals surface area contributed by atoms with E-state index in [1.807, 2.05) is 38.4 Å². The lowest BCUT2D eigenvalue weighted by atomic mass is 10.2. The maximum atomic E-state index is 12.6. The highest BCUT2D eigenvalue weighted by atomic mass is 16.5. The molecule has 1 aliphatic carbocycles. The summed E-state index contributed by atoms with van der Waals surface area (Å²) in [4.78, 5) is 16.7. The minimum atomic E-state index is -0.362. The van der Waals surface area contributed by atoms with Crippen molar-refractivity contribution >= 4 is 11.6 Å². The van der Waals surface area contributed by atoms with Gasteiger partial charge in [0.05, 0.1) is 12.2 Å². The van der Waals surface area contributed by atoms with Gasteiger partial charge in [0.2, 0.25) is 0 Å². The zero-order valence-corrected chi connectivity index (χ0v) is 15.5. The highest BCUT2D eigenvalue weighted by Gasteiger charge is 2.31. The molecule has 0 saturated heterocycles. The predicted molar refractivity (Wildman–Crippen MR) is 97.0 cm³/mol. The summed E-state index contributed by atoms with van der Waals surface area (Å²) in [5, 5.41) is 7.39. The van der Waals surface area contributed by atoms with Gasteiger partial charge in [0.25, 0.3) is 5.91 Å². The van der Waals surface area contributed by atoms with Crippen LogP contribution >= 0.6 is 0 Å². The van der Waals surface area contributed by atoms with Gasteiger partial charge >= 0.3 is 0 Å². The molecule has 1 amide bonds. The maximum Gasteiger partial charge on any atom is 0.276 e. The number of rotatable bonds is 5. The second kappa shape index (κ2) is 6.50. The maximum absolute atomic E-state index is 12.6. The van der Waals surface area contributed by atoms with E-state index in [0.29, 0.717) is 29.1 Å². The molecule has 3 rings (SSSR count). The van der Waals surface area contributed by atoms with Crippen molar-refractivity contribution in [1.29, 1.82) is 0 Å². The van der Waals surface area contributed by atoms with Crippen LogP contribution in [0, 0.1) is 12.8 Å². The Morgan fingerprint density at radius 1 is 1.40 bits per heavy atom. The summed E-state index contributed by atoms with van der Waals surface area (Å²) < 4.78 is 7.86. The largest absolute Gasteiger partial charge is 0.486 e. The number of nitrogens with zero attached hydrogens (tertiary/aromatic N) is 3. The summed E-state index contributed by atoms with van der Waals surface area (Å²) >= 11 is 0. The molecule has 2 aromatic rings. The van der Waals surface area contributed by atoms with Gasteiger partial charge in [-0.05, 0) is 59.4 Å². The van der Waals surface area contributed by atoms with Crippen LogP contribution in [-0.4, -0.2) is 26.3 Å². The van der Waals surface area contributed by atoms with Gasteiger partial charge in [-0.1, -0.05) is 0 Å². The van der Waals surface area contributed by atoms with E-state index in [9.17, 15) is 4.79 Å². The zero-order chi connectivity index (χ0) is 18.2. The minimum absolute atomic E-state index is 0.253. The molecule has 134 valence electrons. The molecule has 1 saturated carbocycles. The number of nitrogens with one attached hydrogen (secondary N) is 1. The fourth-order valence-electron chi connectivity index (χ4n) is 2.87. The molecule has 2 heterocycles. The van der Waals surface area contributed by atoms with Crippen LogP contribution in [0.1, 0.15) is 62.8 Å². The van der Waals surface area contributed by atoms with Crippen molar-refractivity contribution < 1.29 is 9.53 Å². The fraction of sp³-hybridized carbons (Fsp3) is 0.526. The van der Waals surface area contributed by atoms with Crippen molar-refractivity contribution in [3.63, 3.8) is 0 Å². The third-order valence-corrected chi connectivity index (χ3v) is 4.29. The summed E-state index contributed by atoms with van der Waals surface area (Å²) in [5.41, 5.74) is 1.60. The SMILES string of the molecule is Cc1cc(C(=O)Nc2cnccc2OC(C)(C)C)nn1[C@@H](C)C1CC1. The van der Waals surface area contributed by atoms with Gasteiger partial charge in [0.1, 0.15) is 17.0 Å². The molecule has 1 atom stereocenters. The van der Waals surface area contributed by atoms with Gasteiger partial charge < -0.3 is 10.1 Å². The highest BCUT2D eigenvalue weighted by Crippen LogP contribution is 2.39. The smallest absolute Gasteiger partial charge is 0.276 e. The van der Waals surface area contributed by atoms with Crippen LogP contribution < -0.4 is 10.1 Å². The van der Waals surface area contributed by atoms with Gasteiger partial charge in [-0.2, -0.15) is 5.10 Å². The summed E-state index contributed by atoms with van der Waals surface area (Å²) in [5.74, 6) is 1.02. The van der Waals surface area contributed by atoms with Crippen LogP contribution in [0.2, 0.25) is 0 Å². The Morgan fingerprint density at radius 2 is 2.12 bits per heavy atom. The molecule has 0 bridgehead atoms. The number of ether oxygens (including phenoxy) is 1. The minimum Gasteiger partial charge on any atom is -0.486 e. The molecule has 0 spiro atoms. The molecule has 0 aromatic carbocycles. The number of anilines is 1. The summed E-state index contributed by atoms with van der Waals surface area (Å²) in [6.45, 7) is 10.0. The molecule has 0 aliphatic heterocycles. The Bertz CT molecular complexity index is 772. The number of aryl methyl sites for hydroxylation is 1. The van der Waals surface area contributed by atoms with Crippen LogP contribution in [-0.2, 0) is 0 Å². The predicted octanol–water partition coefficient (Wildman–Crippen LogP) is 3.99. The third kappa shape index (κ3) is 4.18. The zero-order valence-electron chi connectivity index (χ0n) is 15.5. The number of amides is 1. The number of hydrogen-bond acceptors (Lipinski definition) is 4. The number of aromatic nitrogens is 3. The molecule has 2 aromatic heterocycles.